The number of halogens is 2. The second-order valence-electron chi connectivity index (χ2n) is 6.37. The van der Waals surface area contributed by atoms with Crippen LogP contribution in [0.25, 0.3) is 0 Å². The molecule has 6 heteroatoms. The van der Waals surface area contributed by atoms with Gasteiger partial charge in [0.1, 0.15) is 5.82 Å². The van der Waals surface area contributed by atoms with Gasteiger partial charge in [0.05, 0.1) is 13.0 Å². The second kappa shape index (κ2) is 8.04. The van der Waals surface area contributed by atoms with Crippen molar-refractivity contribution in [2.45, 2.75) is 39.8 Å². The Hall–Kier alpha value is -2.24. The van der Waals surface area contributed by atoms with Crippen LogP contribution in [0.15, 0.2) is 36.7 Å². The summed E-state index contributed by atoms with van der Waals surface area (Å²) in [5.74, 6) is 0.630. The highest BCUT2D eigenvalue weighted by atomic mass is 19.3. The minimum atomic E-state index is -2.65. The van der Waals surface area contributed by atoms with Crippen LogP contribution in [0.3, 0.4) is 0 Å². The Bertz CT molecular complexity index is 665. The van der Waals surface area contributed by atoms with Crippen molar-refractivity contribution in [1.82, 2.24) is 14.5 Å². The third-order valence-corrected chi connectivity index (χ3v) is 3.79. The van der Waals surface area contributed by atoms with E-state index in [1.54, 1.807) is 7.05 Å². The van der Waals surface area contributed by atoms with Gasteiger partial charge in [0.25, 0.3) is 0 Å². The topological polar surface area (TPSA) is 38.1 Å². The minimum absolute atomic E-state index is 0.0571. The number of aromatic nitrogens is 2. The number of hydrogen-bond acceptors (Lipinski definition) is 2. The third kappa shape index (κ3) is 4.88. The van der Waals surface area contributed by atoms with Gasteiger partial charge in [0.15, 0.2) is 0 Å². The predicted octanol–water partition coefficient (Wildman–Crippen LogP) is 3.68. The van der Waals surface area contributed by atoms with Gasteiger partial charge in [-0.3, -0.25) is 9.36 Å². The molecule has 1 amide bonds. The lowest BCUT2D eigenvalue weighted by molar-refractivity contribution is -0.129. The first-order chi connectivity index (χ1) is 11.4. The molecule has 0 saturated heterocycles. The van der Waals surface area contributed by atoms with Crippen LogP contribution in [0.4, 0.5) is 8.78 Å². The molecule has 2 rings (SSSR count). The monoisotopic (exact) mass is 335 g/mol. The lowest BCUT2D eigenvalue weighted by Gasteiger charge is -2.18. The third-order valence-electron chi connectivity index (χ3n) is 3.79. The van der Waals surface area contributed by atoms with E-state index in [0.717, 1.165) is 16.6 Å². The average Bonchev–Trinajstić information content (AvgIpc) is 2.97. The van der Waals surface area contributed by atoms with E-state index in [0.29, 0.717) is 5.92 Å². The van der Waals surface area contributed by atoms with Crippen molar-refractivity contribution >= 4 is 5.91 Å². The first-order valence-electron chi connectivity index (χ1n) is 7.98. The predicted molar refractivity (Wildman–Crippen MR) is 88.6 cm³/mol. The van der Waals surface area contributed by atoms with Crippen molar-refractivity contribution in [3.05, 3.63) is 53.6 Å². The van der Waals surface area contributed by atoms with E-state index in [1.807, 2.05) is 24.3 Å². The summed E-state index contributed by atoms with van der Waals surface area (Å²) in [6, 6.07) is 7.96. The van der Waals surface area contributed by atoms with Crippen molar-refractivity contribution in [3.8, 4) is 0 Å². The number of carbonyl (C=O) groups is 1. The molecule has 1 aromatic carbocycles. The molecule has 0 N–H and O–H groups in total. The van der Waals surface area contributed by atoms with Gasteiger partial charge in [0.2, 0.25) is 5.91 Å². The number of alkyl halides is 2. The molecule has 0 aliphatic heterocycles. The minimum Gasteiger partial charge on any atom is -0.338 e. The molecule has 0 spiro atoms. The fourth-order valence-corrected chi connectivity index (χ4v) is 2.52. The number of carbonyl (C=O) groups excluding carboxylic acids is 1. The highest BCUT2D eigenvalue weighted by Gasteiger charge is 2.16. The summed E-state index contributed by atoms with van der Waals surface area (Å²) >= 11 is 0. The van der Waals surface area contributed by atoms with Gasteiger partial charge < -0.3 is 4.90 Å². The molecule has 0 fully saturated rings. The first-order valence-corrected chi connectivity index (χ1v) is 7.98. The maximum atomic E-state index is 12.8. The van der Waals surface area contributed by atoms with Gasteiger partial charge in [-0.15, -0.1) is 0 Å². The highest BCUT2D eigenvalue weighted by Crippen LogP contribution is 2.15. The Morgan fingerprint density at radius 1 is 1.21 bits per heavy atom. The molecule has 0 aliphatic carbocycles. The molecule has 1 heterocycles. The summed E-state index contributed by atoms with van der Waals surface area (Å²) in [6.45, 7) is 1.73. The van der Waals surface area contributed by atoms with Gasteiger partial charge in [-0.2, -0.15) is 8.78 Å². The number of hydrogen-bond donors (Lipinski definition) is 0. The summed E-state index contributed by atoms with van der Waals surface area (Å²) < 4.78 is 26.4. The second-order valence-corrected chi connectivity index (χ2v) is 6.37. The lowest BCUT2D eigenvalue weighted by atomic mass is 10.0. The van der Waals surface area contributed by atoms with E-state index in [1.165, 1.54) is 22.9 Å². The van der Waals surface area contributed by atoms with Crippen molar-refractivity contribution in [2.24, 2.45) is 5.92 Å². The molecule has 0 unspecified atom stereocenters. The average molecular weight is 335 g/mol. The Morgan fingerprint density at radius 2 is 1.83 bits per heavy atom. The van der Waals surface area contributed by atoms with Gasteiger partial charge in [0, 0.05) is 19.4 Å². The Kier molecular flexibility index (Phi) is 6.06. The van der Waals surface area contributed by atoms with Crippen molar-refractivity contribution in [1.29, 1.82) is 0 Å². The van der Waals surface area contributed by atoms with E-state index in [4.69, 9.17) is 0 Å². The van der Waals surface area contributed by atoms with Gasteiger partial charge in [-0.25, -0.2) is 4.98 Å². The largest absolute Gasteiger partial charge is 0.338 e. The van der Waals surface area contributed by atoms with Crippen molar-refractivity contribution < 1.29 is 13.6 Å². The number of likely N-dealkylation sites (N-methyl/N-ethyl adjacent to an activating group) is 1. The lowest BCUT2D eigenvalue weighted by Crippen LogP contribution is -2.29. The Labute approximate surface area is 141 Å². The smallest absolute Gasteiger partial charge is 0.319 e. The number of imidazole rings is 1. The summed E-state index contributed by atoms with van der Waals surface area (Å²) in [6.07, 6.45) is 3.78. The number of amides is 1. The zero-order chi connectivity index (χ0) is 17.7. The standard InChI is InChI=1S/C18H23F2N3O/c1-13(2)10-14-4-6-15(7-5-14)11-17(24)22(3)12-16-21-8-9-23(16)18(19)20/h4-9,13,18H,10-12H2,1-3H3. The molecule has 0 atom stereocenters. The van der Waals surface area contributed by atoms with Crippen LogP contribution in [0, 0.1) is 5.92 Å². The molecule has 0 bridgehead atoms. The highest BCUT2D eigenvalue weighted by molar-refractivity contribution is 5.78. The molecule has 1 aromatic heterocycles. The van der Waals surface area contributed by atoms with Crippen LogP contribution >= 0.6 is 0 Å². The van der Waals surface area contributed by atoms with Crippen molar-refractivity contribution in [2.75, 3.05) is 7.05 Å². The zero-order valence-corrected chi connectivity index (χ0v) is 14.2. The van der Waals surface area contributed by atoms with Gasteiger partial charge >= 0.3 is 6.55 Å². The number of nitrogens with zero attached hydrogens (tertiary/aromatic N) is 3. The number of rotatable bonds is 7. The fourth-order valence-electron chi connectivity index (χ4n) is 2.52. The molecule has 0 aliphatic rings. The molecular weight excluding hydrogens is 312 g/mol. The molecule has 2 aromatic rings. The molecule has 24 heavy (non-hydrogen) atoms. The molecule has 0 saturated carbocycles. The van der Waals surface area contributed by atoms with Crippen LogP contribution < -0.4 is 0 Å². The first kappa shape index (κ1) is 18.1. The van der Waals surface area contributed by atoms with E-state index in [2.05, 4.69) is 18.8 Å². The van der Waals surface area contributed by atoms with Crippen LogP contribution in [0.5, 0.6) is 0 Å². The molecule has 130 valence electrons. The quantitative estimate of drug-likeness (QED) is 0.774. The summed E-state index contributed by atoms with van der Waals surface area (Å²) in [5.41, 5.74) is 2.16. The van der Waals surface area contributed by atoms with Crippen LogP contribution in [-0.2, 0) is 24.2 Å². The van der Waals surface area contributed by atoms with E-state index < -0.39 is 6.55 Å². The fraction of sp³-hybridized carbons (Fsp3) is 0.444. The zero-order valence-electron chi connectivity index (χ0n) is 14.2. The molecule has 4 nitrogen and oxygen atoms in total. The van der Waals surface area contributed by atoms with E-state index in [-0.39, 0.29) is 24.7 Å². The summed E-state index contributed by atoms with van der Waals surface area (Å²) in [7, 11) is 1.60. The Balaban J connectivity index is 1.95. The van der Waals surface area contributed by atoms with Gasteiger partial charge in [-0.1, -0.05) is 38.1 Å². The van der Waals surface area contributed by atoms with Crippen LogP contribution in [-0.4, -0.2) is 27.4 Å². The SMILES string of the molecule is CC(C)Cc1ccc(CC(=O)N(C)Cc2nccn2C(F)F)cc1. The van der Waals surface area contributed by atoms with Crippen LogP contribution in [0.1, 0.15) is 37.3 Å². The maximum absolute atomic E-state index is 12.8. The Morgan fingerprint density at radius 3 is 2.42 bits per heavy atom. The number of benzene rings is 1. The summed E-state index contributed by atoms with van der Waals surface area (Å²) in [5, 5.41) is 0. The van der Waals surface area contributed by atoms with E-state index in [9.17, 15) is 13.6 Å². The molecule has 0 radical (unpaired) electrons. The normalized spacial score (nSPS) is 11.3. The van der Waals surface area contributed by atoms with E-state index >= 15 is 0 Å². The molecular formula is C18H23F2N3O. The van der Waals surface area contributed by atoms with Gasteiger partial charge in [-0.05, 0) is 23.5 Å². The van der Waals surface area contributed by atoms with Crippen molar-refractivity contribution in [3.63, 3.8) is 0 Å². The van der Waals surface area contributed by atoms with Crippen LogP contribution in [0.2, 0.25) is 0 Å². The summed E-state index contributed by atoms with van der Waals surface area (Å²) in [4.78, 5) is 17.6. The maximum Gasteiger partial charge on any atom is 0.319 e.